The number of carbonyl (C=O) groups is 3. The summed E-state index contributed by atoms with van der Waals surface area (Å²) in [5.74, 6) is -3.58. The van der Waals surface area contributed by atoms with Crippen LogP contribution >= 0.6 is 0 Å². The van der Waals surface area contributed by atoms with E-state index in [1.165, 1.54) is 24.3 Å². The lowest BCUT2D eigenvalue weighted by molar-refractivity contribution is -0.131. The zero-order valence-electron chi connectivity index (χ0n) is 12.8. The third kappa shape index (κ3) is 1.65. The number of imide groups is 1. The van der Waals surface area contributed by atoms with E-state index in [2.05, 4.69) is 0 Å². The van der Waals surface area contributed by atoms with E-state index in [1.54, 1.807) is 19.1 Å². The molecule has 2 fully saturated rings. The highest BCUT2D eigenvalue weighted by molar-refractivity contribution is 6.23. The number of hydrogen-bond acceptors (Lipinski definition) is 5. The number of rotatable bonds is 3. The van der Waals surface area contributed by atoms with Crippen LogP contribution in [0.5, 0.6) is 0 Å². The van der Waals surface area contributed by atoms with Gasteiger partial charge >= 0.3 is 5.97 Å². The number of carboxylic acids is 1. The Labute approximate surface area is 137 Å². The predicted octanol–water partition coefficient (Wildman–Crippen LogP) is 0.580. The third-order valence-corrected chi connectivity index (χ3v) is 5.15. The maximum atomic E-state index is 12.9. The molecule has 24 heavy (non-hydrogen) atoms. The smallest absolute Gasteiger partial charge is 0.335 e. The van der Waals surface area contributed by atoms with Gasteiger partial charge in [0.05, 0.1) is 35.3 Å². The van der Waals surface area contributed by atoms with Crippen LogP contribution in [0.3, 0.4) is 0 Å². The lowest BCUT2D eigenvalue weighted by Crippen LogP contribution is -2.43. The fraction of sp³-hybridized carbons (Fsp3) is 0.353. The molecular weight excluding hydrogens is 314 g/mol. The molecule has 3 heterocycles. The second kappa shape index (κ2) is 4.52. The number of aliphatic hydroxyl groups excluding tert-OH is 1. The van der Waals surface area contributed by atoms with E-state index in [0.717, 1.165) is 4.90 Å². The average Bonchev–Trinajstić information content (AvgIpc) is 3.13. The summed E-state index contributed by atoms with van der Waals surface area (Å²) in [7, 11) is 0. The second-order valence-electron chi connectivity index (χ2n) is 6.56. The first-order valence-electron chi connectivity index (χ1n) is 7.55. The van der Waals surface area contributed by atoms with Crippen LogP contribution in [0.4, 0.5) is 5.69 Å². The van der Waals surface area contributed by atoms with E-state index < -0.39 is 47.4 Å². The Hall–Kier alpha value is -2.51. The van der Waals surface area contributed by atoms with Crippen LogP contribution < -0.4 is 4.90 Å². The van der Waals surface area contributed by atoms with Gasteiger partial charge in [-0.3, -0.25) is 9.59 Å². The topological polar surface area (TPSA) is 104 Å². The predicted molar refractivity (Wildman–Crippen MR) is 81.3 cm³/mol. The molecule has 3 aliphatic heterocycles. The molecule has 4 atom stereocenters. The molecule has 0 aromatic heterocycles. The minimum atomic E-state index is -1.19. The van der Waals surface area contributed by atoms with Crippen LogP contribution in [0.25, 0.3) is 0 Å². The summed E-state index contributed by atoms with van der Waals surface area (Å²) in [6.45, 7) is 1.32. The van der Waals surface area contributed by atoms with E-state index in [9.17, 15) is 19.5 Å². The van der Waals surface area contributed by atoms with Crippen molar-refractivity contribution in [1.82, 2.24) is 0 Å². The van der Waals surface area contributed by atoms with Crippen molar-refractivity contribution in [2.75, 3.05) is 11.5 Å². The Bertz CT molecular complexity index is 817. The van der Waals surface area contributed by atoms with Crippen LogP contribution in [0, 0.1) is 11.8 Å². The first-order valence-corrected chi connectivity index (χ1v) is 7.55. The van der Waals surface area contributed by atoms with Gasteiger partial charge in [0.2, 0.25) is 11.8 Å². The fourth-order valence-electron chi connectivity index (χ4n) is 4.07. The number of hydrogen-bond donors (Lipinski definition) is 2. The summed E-state index contributed by atoms with van der Waals surface area (Å²) < 4.78 is 5.83. The number of anilines is 1. The first-order chi connectivity index (χ1) is 11.3. The van der Waals surface area contributed by atoms with Gasteiger partial charge in [-0.2, -0.15) is 0 Å². The van der Waals surface area contributed by atoms with Crippen molar-refractivity contribution in [2.24, 2.45) is 11.8 Å². The van der Waals surface area contributed by atoms with E-state index >= 15 is 0 Å². The fourth-order valence-corrected chi connectivity index (χ4v) is 4.07. The molecule has 1 aromatic carbocycles. The molecule has 2 amide bonds. The quantitative estimate of drug-likeness (QED) is 0.621. The van der Waals surface area contributed by atoms with E-state index in [4.69, 9.17) is 9.84 Å². The molecule has 2 saturated heterocycles. The number of nitrogens with zero attached hydrogens (tertiary/aromatic N) is 1. The Kier molecular flexibility index (Phi) is 2.83. The summed E-state index contributed by atoms with van der Waals surface area (Å²) in [4.78, 5) is 38.0. The second-order valence-corrected chi connectivity index (χ2v) is 6.56. The Morgan fingerprint density at radius 1 is 1.25 bits per heavy atom. The van der Waals surface area contributed by atoms with Crippen molar-refractivity contribution in [2.45, 2.75) is 18.1 Å². The summed E-state index contributed by atoms with van der Waals surface area (Å²) in [6, 6.07) is 5.69. The third-order valence-electron chi connectivity index (χ3n) is 5.15. The van der Waals surface area contributed by atoms with Gasteiger partial charge in [-0.05, 0) is 25.1 Å². The summed E-state index contributed by atoms with van der Waals surface area (Å²) >= 11 is 0. The van der Waals surface area contributed by atoms with Gasteiger partial charge in [0, 0.05) is 0 Å². The highest BCUT2D eigenvalue weighted by Crippen LogP contribution is 2.57. The number of aromatic carboxylic acids is 1. The standard InChI is InChI=1S/C17H15NO6/c1-16-5-6-17(8-19,24-16)12-11(16)13(20)18(14(12)21)10-4-2-3-9(7-10)15(22)23/h2-7,11-12,19H,8H2,1H3,(H,22,23)/t11-,12+,16+,17+/m1/s1. The van der Waals surface area contributed by atoms with Crippen molar-refractivity contribution in [3.63, 3.8) is 0 Å². The molecule has 0 saturated carbocycles. The first kappa shape index (κ1) is 15.0. The molecule has 3 aliphatic rings. The number of amides is 2. The van der Waals surface area contributed by atoms with Gasteiger partial charge in [0.25, 0.3) is 0 Å². The van der Waals surface area contributed by atoms with Crippen molar-refractivity contribution >= 4 is 23.5 Å². The maximum absolute atomic E-state index is 12.9. The highest BCUT2D eigenvalue weighted by atomic mass is 16.5. The SMILES string of the molecule is C[C@@]12C=C[C@@](CO)(O1)[C@@H]1C(=O)N(c3cccc(C(=O)O)c3)C(=O)[C@@H]12. The van der Waals surface area contributed by atoms with E-state index in [1.807, 2.05) is 0 Å². The average molecular weight is 329 g/mol. The summed E-state index contributed by atoms with van der Waals surface area (Å²) in [5, 5.41) is 18.9. The zero-order valence-corrected chi connectivity index (χ0v) is 12.8. The van der Waals surface area contributed by atoms with Crippen LogP contribution in [-0.2, 0) is 14.3 Å². The molecule has 4 rings (SSSR count). The highest BCUT2D eigenvalue weighted by Gasteiger charge is 2.72. The van der Waals surface area contributed by atoms with Gasteiger partial charge in [0.15, 0.2) is 0 Å². The van der Waals surface area contributed by atoms with Crippen LogP contribution in [0.1, 0.15) is 17.3 Å². The van der Waals surface area contributed by atoms with Gasteiger partial charge in [0.1, 0.15) is 5.60 Å². The minimum Gasteiger partial charge on any atom is -0.478 e. The summed E-state index contributed by atoms with van der Waals surface area (Å²) in [6.07, 6.45) is 3.36. The number of fused-ring (bicyclic) bond motifs is 5. The van der Waals surface area contributed by atoms with Gasteiger partial charge in [-0.1, -0.05) is 18.2 Å². The largest absolute Gasteiger partial charge is 0.478 e. The van der Waals surface area contributed by atoms with Crippen molar-refractivity contribution in [1.29, 1.82) is 0 Å². The Morgan fingerprint density at radius 2 is 1.96 bits per heavy atom. The molecule has 0 unspecified atom stereocenters. The molecular formula is C17H15NO6. The normalized spacial score (nSPS) is 36.5. The molecule has 1 aromatic rings. The zero-order chi connectivity index (χ0) is 17.3. The van der Waals surface area contributed by atoms with Crippen LogP contribution in [-0.4, -0.2) is 45.8 Å². The van der Waals surface area contributed by atoms with E-state index in [0.29, 0.717) is 0 Å². The number of benzene rings is 1. The molecule has 0 radical (unpaired) electrons. The number of ether oxygens (including phenoxy) is 1. The van der Waals surface area contributed by atoms with E-state index in [-0.39, 0.29) is 11.3 Å². The van der Waals surface area contributed by atoms with Crippen molar-refractivity contribution < 1.29 is 29.3 Å². The molecule has 0 spiro atoms. The lowest BCUT2D eigenvalue weighted by atomic mass is 9.73. The van der Waals surface area contributed by atoms with Crippen LogP contribution in [0.2, 0.25) is 0 Å². The van der Waals surface area contributed by atoms with Crippen LogP contribution in [0.15, 0.2) is 36.4 Å². The van der Waals surface area contributed by atoms with Crippen molar-refractivity contribution in [3.8, 4) is 0 Å². The maximum Gasteiger partial charge on any atom is 0.335 e. The summed E-state index contributed by atoms with van der Waals surface area (Å²) in [5.41, 5.74) is -1.93. The number of aliphatic hydroxyl groups is 1. The number of carboxylic acid groups (broad SMARTS) is 1. The Morgan fingerprint density at radius 3 is 2.62 bits per heavy atom. The number of carbonyl (C=O) groups excluding carboxylic acids is 2. The van der Waals surface area contributed by atoms with Gasteiger partial charge in [-0.15, -0.1) is 0 Å². The van der Waals surface area contributed by atoms with Gasteiger partial charge < -0.3 is 14.9 Å². The molecule has 0 aliphatic carbocycles. The lowest BCUT2D eigenvalue weighted by Gasteiger charge is -2.27. The monoisotopic (exact) mass is 329 g/mol. The van der Waals surface area contributed by atoms with Crippen molar-refractivity contribution in [3.05, 3.63) is 42.0 Å². The Balaban J connectivity index is 1.80. The molecule has 2 N–H and O–H groups in total. The molecule has 7 heteroatoms. The van der Waals surface area contributed by atoms with Gasteiger partial charge in [-0.25, -0.2) is 9.69 Å². The minimum absolute atomic E-state index is 0.00871. The molecule has 7 nitrogen and oxygen atoms in total. The molecule has 2 bridgehead atoms. The molecule has 124 valence electrons.